The number of H-pyrrole nitrogens is 1. The van der Waals surface area contributed by atoms with E-state index < -0.39 is 23.1 Å². The highest BCUT2D eigenvalue weighted by atomic mass is 16.5. The molecule has 2 aromatic heterocycles. The molecular formula is C30H23NO8. The van der Waals surface area contributed by atoms with Crippen LogP contribution >= 0.6 is 0 Å². The maximum absolute atomic E-state index is 13.7. The summed E-state index contributed by atoms with van der Waals surface area (Å²) in [5.41, 5.74) is 2.12. The number of methoxy groups -OCH3 is 2. The van der Waals surface area contributed by atoms with E-state index in [-0.39, 0.29) is 34.3 Å². The number of aryl methyl sites for hydroxylation is 1. The molecule has 0 aliphatic carbocycles. The van der Waals surface area contributed by atoms with Crippen molar-refractivity contribution < 1.29 is 28.5 Å². The summed E-state index contributed by atoms with van der Waals surface area (Å²) >= 11 is 0. The largest absolute Gasteiger partial charge is 0.507 e. The molecule has 0 spiro atoms. The number of aromatic nitrogens is 1. The molecule has 9 nitrogen and oxygen atoms in total. The van der Waals surface area contributed by atoms with Gasteiger partial charge in [0.2, 0.25) is 5.43 Å². The van der Waals surface area contributed by atoms with Gasteiger partial charge in [-0.05, 0) is 41.6 Å². The molecule has 9 heteroatoms. The van der Waals surface area contributed by atoms with E-state index in [0.29, 0.717) is 33.7 Å². The molecule has 0 saturated heterocycles. The maximum Gasteiger partial charge on any atom is 0.312 e. The van der Waals surface area contributed by atoms with Gasteiger partial charge in [-0.15, -0.1) is 0 Å². The molecule has 0 unspecified atom stereocenters. The molecule has 1 aliphatic heterocycles. The fraction of sp³-hybridized carbons (Fsp3) is 0.167. The number of nitrogens with one attached hydrogen (secondary N) is 1. The summed E-state index contributed by atoms with van der Waals surface area (Å²) in [5, 5.41) is 11.6. The number of hydrogen-bond donors (Lipinski definition) is 2. The summed E-state index contributed by atoms with van der Waals surface area (Å²) in [7, 11) is 2.99. The molecule has 1 atom stereocenters. The first kappa shape index (κ1) is 24.3. The Kier molecular flexibility index (Phi) is 5.64. The van der Waals surface area contributed by atoms with Gasteiger partial charge in [0.1, 0.15) is 28.7 Å². The summed E-state index contributed by atoms with van der Waals surface area (Å²) in [6.07, 6.45) is 1.14. The van der Waals surface area contributed by atoms with Crippen molar-refractivity contribution in [1.82, 2.24) is 4.98 Å². The summed E-state index contributed by atoms with van der Waals surface area (Å²) in [6, 6.07) is 13.6. The summed E-state index contributed by atoms with van der Waals surface area (Å²) in [4.78, 5) is 42.5. The van der Waals surface area contributed by atoms with Gasteiger partial charge in [-0.2, -0.15) is 0 Å². The minimum atomic E-state index is -0.770. The van der Waals surface area contributed by atoms with Crippen molar-refractivity contribution in [3.05, 3.63) is 92.1 Å². The van der Waals surface area contributed by atoms with Crippen LogP contribution in [0.15, 0.2) is 68.8 Å². The molecule has 1 aliphatic rings. The van der Waals surface area contributed by atoms with E-state index in [2.05, 4.69) is 4.98 Å². The Hall–Kier alpha value is -5.05. The quantitative estimate of drug-likeness (QED) is 0.254. The monoisotopic (exact) mass is 525 g/mol. The average molecular weight is 526 g/mol. The van der Waals surface area contributed by atoms with Gasteiger partial charge in [0.05, 0.1) is 31.7 Å². The molecular weight excluding hydrogens is 502 g/mol. The molecule has 0 fully saturated rings. The van der Waals surface area contributed by atoms with E-state index in [0.717, 1.165) is 10.9 Å². The molecule has 6 rings (SSSR count). The predicted molar refractivity (Wildman–Crippen MR) is 144 cm³/mol. The lowest BCUT2D eigenvalue weighted by molar-refractivity contribution is -0.135. The zero-order chi connectivity index (χ0) is 27.4. The van der Waals surface area contributed by atoms with Gasteiger partial charge < -0.3 is 28.7 Å². The Morgan fingerprint density at radius 1 is 1.00 bits per heavy atom. The van der Waals surface area contributed by atoms with Crippen LogP contribution < -0.4 is 25.2 Å². The molecule has 196 valence electrons. The van der Waals surface area contributed by atoms with Crippen LogP contribution in [-0.4, -0.2) is 30.3 Å². The second kappa shape index (κ2) is 9.05. The molecule has 2 N–H and O–H groups in total. The number of aromatic hydroxyl groups is 1. The number of carbonyl (C=O) groups is 1. The summed E-state index contributed by atoms with van der Waals surface area (Å²) in [5.74, 6) is -0.804. The Morgan fingerprint density at radius 3 is 2.56 bits per heavy atom. The topological polar surface area (TPSA) is 128 Å². The van der Waals surface area contributed by atoms with E-state index >= 15 is 0 Å². The van der Waals surface area contributed by atoms with Gasteiger partial charge in [0.25, 0.3) is 5.56 Å². The van der Waals surface area contributed by atoms with Gasteiger partial charge in [-0.1, -0.05) is 24.3 Å². The summed E-state index contributed by atoms with van der Waals surface area (Å²) in [6.45, 7) is 1.89. The number of pyridine rings is 1. The molecule has 3 heterocycles. The van der Waals surface area contributed by atoms with Crippen LogP contribution in [0.5, 0.6) is 23.0 Å². The molecule has 0 bridgehead atoms. The summed E-state index contributed by atoms with van der Waals surface area (Å²) < 4.78 is 22.0. The third-order valence-corrected chi connectivity index (χ3v) is 7.16. The Morgan fingerprint density at radius 2 is 1.79 bits per heavy atom. The van der Waals surface area contributed by atoms with Crippen molar-refractivity contribution >= 4 is 27.8 Å². The number of benzene rings is 3. The highest BCUT2D eigenvalue weighted by Crippen LogP contribution is 2.45. The first-order chi connectivity index (χ1) is 18.8. The number of ether oxygens (including phenoxy) is 3. The highest BCUT2D eigenvalue weighted by Gasteiger charge is 2.35. The van der Waals surface area contributed by atoms with Crippen molar-refractivity contribution in [3.8, 4) is 34.1 Å². The number of phenolic OH excluding ortho intramolecular Hbond substituents is 1. The van der Waals surface area contributed by atoms with Crippen LogP contribution in [0.25, 0.3) is 33.0 Å². The first-order valence-corrected chi connectivity index (χ1v) is 12.2. The lowest BCUT2D eigenvalue weighted by atomic mass is 9.85. The SMILES string of the molecule is COc1ccc(-c2coc3c4c(cc(O)c3c2=O)OC(=O)C[C@H]4c2cc3cccc(C)c3[nH]c2=O)cc1OC. The fourth-order valence-electron chi connectivity index (χ4n) is 5.26. The van der Waals surface area contributed by atoms with E-state index in [1.54, 1.807) is 24.3 Å². The van der Waals surface area contributed by atoms with Crippen LogP contribution in [0.4, 0.5) is 0 Å². The Balaban J connectivity index is 1.59. The van der Waals surface area contributed by atoms with Crippen LogP contribution in [0, 0.1) is 6.92 Å². The van der Waals surface area contributed by atoms with Gasteiger partial charge in [0.15, 0.2) is 11.5 Å². The van der Waals surface area contributed by atoms with Crippen LogP contribution in [-0.2, 0) is 4.79 Å². The number of hydrogen-bond acceptors (Lipinski definition) is 8. The van der Waals surface area contributed by atoms with E-state index in [1.807, 2.05) is 25.1 Å². The van der Waals surface area contributed by atoms with Crippen molar-refractivity contribution in [2.24, 2.45) is 0 Å². The van der Waals surface area contributed by atoms with Crippen molar-refractivity contribution in [1.29, 1.82) is 0 Å². The molecule has 39 heavy (non-hydrogen) atoms. The Bertz CT molecular complexity index is 1930. The molecule has 3 aromatic carbocycles. The molecule has 0 amide bonds. The zero-order valence-electron chi connectivity index (χ0n) is 21.3. The van der Waals surface area contributed by atoms with E-state index in [4.69, 9.17) is 18.6 Å². The normalized spacial score (nSPS) is 14.7. The maximum atomic E-state index is 13.7. The number of aromatic amines is 1. The predicted octanol–water partition coefficient (Wildman–Crippen LogP) is 4.77. The van der Waals surface area contributed by atoms with Crippen LogP contribution in [0.3, 0.4) is 0 Å². The van der Waals surface area contributed by atoms with Crippen LogP contribution in [0.1, 0.15) is 29.0 Å². The number of esters is 1. The van der Waals surface area contributed by atoms with Crippen molar-refractivity contribution in [2.45, 2.75) is 19.3 Å². The second-order valence-corrected chi connectivity index (χ2v) is 9.38. The molecule has 0 saturated carbocycles. The average Bonchev–Trinajstić information content (AvgIpc) is 2.92. The van der Waals surface area contributed by atoms with Gasteiger partial charge in [0, 0.05) is 23.1 Å². The van der Waals surface area contributed by atoms with E-state index in [9.17, 15) is 19.5 Å². The second-order valence-electron chi connectivity index (χ2n) is 9.38. The zero-order valence-corrected chi connectivity index (χ0v) is 21.3. The number of rotatable bonds is 4. The third kappa shape index (κ3) is 3.82. The van der Waals surface area contributed by atoms with Gasteiger partial charge in [-0.3, -0.25) is 14.4 Å². The van der Waals surface area contributed by atoms with Crippen LogP contribution in [0.2, 0.25) is 0 Å². The fourth-order valence-corrected chi connectivity index (χ4v) is 5.26. The van der Waals surface area contributed by atoms with E-state index in [1.165, 1.54) is 26.5 Å². The van der Waals surface area contributed by atoms with Gasteiger partial charge in [-0.25, -0.2) is 0 Å². The first-order valence-electron chi connectivity index (χ1n) is 12.2. The highest BCUT2D eigenvalue weighted by molar-refractivity contribution is 5.94. The third-order valence-electron chi connectivity index (χ3n) is 7.16. The number of fused-ring (bicyclic) bond motifs is 4. The standard InChI is InChI=1S/C30H23NO8/c1-14-5-4-6-16-9-18(30(35)31-27(14)16)17-11-24(33)39-23-12-20(32)26-28(34)19(13-38-29(26)25(17)23)15-7-8-21(36-2)22(10-15)37-3/h4-10,12-13,17,32H,11H2,1-3H3,(H,31,35)/t17-/m0/s1. The number of para-hydroxylation sites is 1. The van der Waals surface area contributed by atoms with Gasteiger partial charge >= 0.3 is 5.97 Å². The number of phenols is 1. The van der Waals surface area contributed by atoms with Crippen molar-refractivity contribution in [3.63, 3.8) is 0 Å². The number of carbonyl (C=O) groups excluding carboxylic acids is 1. The lowest BCUT2D eigenvalue weighted by Crippen LogP contribution is -2.26. The molecule has 5 aromatic rings. The molecule has 0 radical (unpaired) electrons. The lowest BCUT2D eigenvalue weighted by Gasteiger charge is -2.25. The minimum Gasteiger partial charge on any atom is -0.507 e. The minimum absolute atomic E-state index is 0.0343. The van der Waals surface area contributed by atoms with Crippen molar-refractivity contribution in [2.75, 3.05) is 14.2 Å². The smallest absolute Gasteiger partial charge is 0.312 e. The Labute approximate surface area is 221 Å².